The van der Waals surface area contributed by atoms with Crippen LogP contribution in [0.1, 0.15) is 11.9 Å². The maximum absolute atomic E-state index is 10.7. The zero-order valence-corrected chi connectivity index (χ0v) is 12.9. The molecular formula is C16H16N6O2. The van der Waals surface area contributed by atoms with Gasteiger partial charge < -0.3 is 20.9 Å². The van der Waals surface area contributed by atoms with Gasteiger partial charge in [0, 0.05) is 6.20 Å². The lowest BCUT2D eigenvalue weighted by Gasteiger charge is -2.15. The number of hydrogen-bond acceptors (Lipinski definition) is 6. The van der Waals surface area contributed by atoms with Crippen LogP contribution in [0.4, 0.5) is 11.4 Å². The van der Waals surface area contributed by atoms with Crippen molar-refractivity contribution in [1.82, 2.24) is 19.2 Å². The standard InChI is InChI=1S/C16H16N6O2/c1-24-16-14(12-5-2-3-8-21(12)20-16)19-15(23)13-7-4-6-11-10(17)9-18-22(11)13/h2-9,15,19,23H,17H2,1H3. The minimum atomic E-state index is -1.02. The number of aromatic nitrogens is 4. The molecule has 0 aliphatic carbocycles. The van der Waals surface area contributed by atoms with Crippen LogP contribution in [0.3, 0.4) is 0 Å². The summed E-state index contributed by atoms with van der Waals surface area (Å²) in [4.78, 5) is 0. The summed E-state index contributed by atoms with van der Waals surface area (Å²) >= 11 is 0. The molecule has 0 aliphatic heterocycles. The third-order valence-electron chi connectivity index (χ3n) is 3.86. The van der Waals surface area contributed by atoms with Gasteiger partial charge in [-0.05, 0) is 24.3 Å². The predicted molar refractivity (Wildman–Crippen MR) is 89.9 cm³/mol. The van der Waals surface area contributed by atoms with Crippen LogP contribution >= 0.6 is 0 Å². The molecule has 24 heavy (non-hydrogen) atoms. The average molecular weight is 324 g/mol. The second-order valence-electron chi connectivity index (χ2n) is 5.31. The highest BCUT2D eigenvalue weighted by atomic mass is 16.5. The van der Waals surface area contributed by atoms with Crippen molar-refractivity contribution in [1.29, 1.82) is 0 Å². The molecule has 4 aromatic rings. The van der Waals surface area contributed by atoms with Gasteiger partial charge in [-0.3, -0.25) is 0 Å². The second kappa shape index (κ2) is 5.43. The molecule has 4 N–H and O–H groups in total. The van der Waals surface area contributed by atoms with Crippen molar-refractivity contribution in [2.24, 2.45) is 0 Å². The largest absolute Gasteiger partial charge is 0.478 e. The van der Waals surface area contributed by atoms with E-state index in [2.05, 4.69) is 15.5 Å². The Bertz CT molecular complexity index is 1020. The van der Waals surface area contributed by atoms with Crippen molar-refractivity contribution >= 4 is 22.4 Å². The van der Waals surface area contributed by atoms with Crippen LogP contribution in [0.25, 0.3) is 11.0 Å². The van der Waals surface area contributed by atoms with Crippen molar-refractivity contribution < 1.29 is 9.84 Å². The Balaban J connectivity index is 1.77. The molecule has 4 aromatic heterocycles. The Morgan fingerprint density at radius 1 is 1.21 bits per heavy atom. The van der Waals surface area contributed by atoms with Gasteiger partial charge in [0.15, 0.2) is 6.23 Å². The third-order valence-corrected chi connectivity index (χ3v) is 3.86. The first-order valence-corrected chi connectivity index (χ1v) is 7.37. The smallest absolute Gasteiger partial charge is 0.257 e. The molecule has 0 saturated heterocycles. The Morgan fingerprint density at radius 3 is 2.88 bits per heavy atom. The molecule has 0 aromatic carbocycles. The molecule has 8 nitrogen and oxygen atoms in total. The minimum Gasteiger partial charge on any atom is -0.478 e. The number of nitrogens with one attached hydrogen (secondary N) is 1. The van der Waals surface area contributed by atoms with Crippen molar-refractivity contribution in [3.8, 4) is 5.88 Å². The fraction of sp³-hybridized carbons (Fsp3) is 0.125. The topological polar surface area (TPSA) is 102 Å². The molecule has 0 spiro atoms. The molecular weight excluding hydrogens is 308 g/mol. The van der Waals surface area contributed by atoms with Crippen LogP contribution in [0.15, 0.2) is 48.8 Å². The summed E-state index contributed by atoms with van der Waals surface area (Å²) in [5.41, 5.74) is 9.12. The van der Waals surface area contributed by atoms with Gasteiger partial charge in [0.25, 0.3) is 5.88 Å². The average Bonchev–Trinajstić information content (AvgIpc) is 3.16. The van der Waals surface area contributed by atoms with E-state index in [4.69, 9.17) is 10.5 Å². The maximum Gasteiger partial charge on any atom is 0.257 e. The summed E-state index contributed by atoms with van der Waals surface area (Å²) < 4.78 is 8.59. The monoisotopic (exact) mass is 324 g/mol. The first-order valence-electron chi connectivity index (χ1n) is 7.37. The quantitative estimate of drug-likeness (QED) is 0.494. The number of anilines is 2. The van der Waals surface area contributed by atoms with E-state index in [-0.39, 0.29) is 0 Å². The zero-order valence-electron chi connectivity index (χ0n) is 12.9. The van der Waals surface area contributed by atoms with Crippen molar-refractivity contribution in [3.05, 3.63) is 54.5 Å². The molecule has 0 saturated carbocycles. The Hall–Kier alpha value is -3.26. The fourth-order valence-corrected chi connectivity index (χ4v) is 2.72. The van der Waals surface area contributed by atoms with E-state index in [0.29, 0.717) is 22.9 Å². The molecule has 4 heterocycles. The lowest BCUT2D eigenvalue weighted by Crippen LogP contribution is -2.14. The third kappa shape index (κ3) is 2.12. The van der Waals surface area contributed by atoms with Crippen LogP contribution in [0.2, 0.25) is 0 Å². The number of pyridine rings is 2. The van der Waals surface area contributed by atoms with Gasteiger partial charge in [0.05, 0.1) is 35.7 Å². The normalized spacial score (nSPS) is 12.6. The predicted octanol–water partition coefficient (Wildman–Crippen LogP) is 1.68. The SMILES string of the molecule is COc1nn2ccccc2c1NC(O)c1cccc2c(N)cnn12. The highest BCUT2D eigenvalue weighted by Gasteiger charge is 2.19. The summed E-state index contributed by atoms with van der Waals surface area (Å²) in [5.74, 6) is 0.396. The fourth-order valence-electron chi connectivity index (χ4n) is 2.72. The molecule has 0 aliphatic rings. The van der Waals surface area contributed by atoms with Crippen molar-refractivity contribution in [3.63, 3.8) is 0 Å². The molecule has 1 atom stereocenters. The van der Waals surface area contributed by atoms with E-state index in [0.717, 1.165) is 11.0 Å². The molecule has 0 amide bonds. The van der Waals surface area contributed by atoms with Crippen LogP contribution < -0.4 is 15.8 Å². The first-order chi connectivity index (χ1) is 11.7. The summed E-state index contributed by atoms with van der Waals surface area (Å²) in [5, 5.41) is 22.3. The van der Waals surface area contributed by atoms with Gasteiger partial charge >= 0.3 is 0 Å². The Labute approximate surface area is 137 Å². The maximum atomic E-state index is 10.7. The molecule has 0 fully saturated rings. The molecule has 1 unspecified atom stereocenters. The van der Waals surface area contributed by atoms with Gasteiger partial charge in [0.2, 0.25) is 0 Å². The van der Waals surface area contributed by atoms with E-state index in [1.807, 2.05) is 36.5 Å². The highest BCUT2D eigenvalue weighted by Crippen LogP contribution is 2.31. The van der Waals surface area contributed by atoms with Gasteiger partial charge in [-0.15, -0.1) is 5.10 Å². The number of nitrogens with zero attached hydrogens (tertiary/aromatic N) is 4. The number of nitrogens with two attached hydrogens (primary N) is 1. The lowest BCUT2D eigenvalue weighted by molar-refractivity contribution is 0.200. The van der Waals surface area contributed by atoms with Crippen molar-refractivity contribution in [2.45, 2.75) is 6.23 Å². The van der Waals surface area contributed by atoms with E-state index >= 15 is 0 Å². The first kappa shape index (κ1) is 14.3. The van der Waals surface area contributed by atoms with Crippen LogP contribution in [-0.4, -0.2) is 31.4 Å². The van der Waals surface area contributed by atoms with E-state index in [1.54, 1.807) is 21.3 Å². The number of fused-ring (bicyclic) bond motifs is 2. The van der Waals surface area contributed by atoms with Crippen LogP contribution in [0.5, 0.6) is 5.88 Å². The molecule has 4 rings (SSSR count). The Kier molecular flexibility index (Phi) is 3.24. The number of methoxy groups -OCH3 is 1. The number of ether oxygens (including phenoxy) is 1. The van der Waals surface area contributed by atoms with Crippen LogP contribution in [0, 0.1) is 0 Å². The van der Waals surface area contributed by atoms with Crippen molar-refractivity contribution in [2.75, 3.05) is 18.2 Å². The zero-order chi connectivity index (χ0) is 16.7. The second-order valence-corrected chi connectivity index (χ2v) is 5.31. The van der Waals surface area contributed by atoms with Gasteiger partial charge in [-0.1, -0.05) is 12.1 Å². The molecule has 8 heteroatoms. The van der Waals surface area contributed by atoms with E-state index in [1.165, 1.54) is 7.11 Å². The molecule has 0 radical (unpaired) electrons. The highest BCUT2D eigenvalue weighted by molar-refractivity contribution is 5.77. The van der Waals surface area contributed by atoms with Gasteiger partial charge in [-0.2, -0.15) is 5.10 Å². The Morgan fingerprint density at radius 2 is 2.04 bits per heavy atom. The van der Waals surface area contributed by atoms with Gasteiger partial charge in [-0.25, -0.2) is 9.03 Å². The van der Waals surface area contributed by atoms with Gasteiger partial charge in [0.1, 0.15) is 5.69 Å². The number of aliphatic hydroxyl groups is 1. The summed E-state index contributed by atoms with van der Waals surface area (Å²) in [6, 6.07) is 11.1. The summed E-state index contributed by atoms with van der Waals surface area (Å²) in [6.07, 6.45) is 2.35. The van der Waals surface area contributed by atoms with Crippen LogP contribution in [-0.2, 0) is 0 Å². The number of rotatable bonds is 4. The van der Waals surface area contributed by atoms with E-state index in [9.17, 15) is 5.11 Å². The number of aliphatic hydroxyl groups excluding tert-OH is 1. The van der Waals surface area contributed by atoms with E-state index < -0.39 is 6.23 Å². The summed E-state index contributed by atoms with van der Waals surface area (Å²) in [7, 11) is 1.54. The molecule has 0 bridgehead atoms. The number of hydrogen-bond donors (Lipinski definition) is 3. The number of nitrogen functional groups attached to an aromatic ring is 1. The molecule has 122 valence electrons. The summed E-state index contributed by atoms with van der Waals surface area (Å²) in [6.45, 7) is 0. The lowest BCUT2D eigenvalue weighted by atomic mass is 10.2. The minimum absolute atomic E-state index is 0.396.